The summed E-state index contributed by atoms with van der Waals surface area (Å²) in [6.45, 7) is 2.37. The van der Waals surface area contributed by atoms with Crippen LogP contribution in [0.1, 0.15) is 18.4 Å². The van der Waals surface area contributed by atoms with Crippen LogP contribution < -0.4 is 10.5 Å². The molecule has 1 heterocycles. The molecule has 0 unspecified atom stereocenters. The minimum atomic E-state index is 0.335. The third kappa shape index (κ3) is 3.17. The third-order valence-electron chi connectivity index (χ3n) is 2.32. The molecule has 0 saturated heterocycles. The molecule has 1 aromatic heterocycles. The van der Waals surface area contributed by atoms with Crippen molar-refractivity contribution in [1.29, 1.82) is 0 Å². The van der Waals surface area contributed by atoms with Gasteiger partial charge in [0.05, 0.1) is 0 Å². The van der Waals surface area contributed by atoms with E-state index in [-0.39, 0.29) is 0 Å². The van der Waals surface area contributed by atoms with Gasteiger partial charge in [-0.05, 0) is 18.6 Å². The second kappa shape index (κ2) is 5.30. The lowest BCUT2D eigenvalue weighted by Gasteiger charge is -2.06. The zero-order valence-corrected chi connectivity index (χ0v) is 9.76. The van der Waals surface area contributed by atoms with Crippen LogP contribution in [0.25, 0.3) is 0 Å². The quantitative estimate of drug-likeness (QED) is 0.873. The van der Waals surface area contributed by atoms with E-state index in [9.17, 15) is 0 Å². The van der Waals surface area contributed by atoms with Gasteiger partial charge in [0, 0.05) is 11.8 Å². The van der Waals surface area contributed by atoms with Gasteiger partial charge in [-0.25, -0.2) is 9.97 Å². The number of hydrogen-bond donors (Lipinski definition) is 1. The number of nitrogens with two attached hydrogens (primary N) is 1. The van der Waals surface area contributed by atoms with Gasteiger partial charge in [-0.2, -0.15) is 0 Å². The average Bonchev–Trinajstić information content (AvgIpc) is 2.37. The monoisotopic (exact) mass is 229 g/mol. The van der Waals surface area contributed by atoms with Gasteiger partial charge in [-0.1, -0.05) is 25.1 Å². The number of nitrogen functional groups attached to an aromatic ring is 1. The van der Waals surface area contributed by atoms with Crippen LogP contribution in [-0.4, -0.2) is 9.97 Å². The molecule has 0 atom stereocenters. The molecular formula is C13H15N3O. The van der Waals surface area contributed by atoms with Crippen LogP contribution in [-0.2, 0) is 13.0 Å². The van der Waals surface area contributed by atoms with E-state index in [1.165, 1.54) is 0 Å². The van der Waals surface area contributed by atoms with Crippen molar-refractivity contribution >= 4 is 5.82 Å². The van der Waals surface area contributed by atoms with E-state index in [4.69, 9.17) is 10.5 Å². The highest BCUT2D eigenvalue weighted by Crippen LogP contribution is 2.11. The number of aromatic nitrogens is 2. The van der Waals surface area contributed by atoms with E-state index < -0.39 is 0 Å². The normalized spacial score (nSPS) is 10.2. The standard InChI is InChI=1S/C13H15N3O/c1-2-10-8-12(14)16-13(15-10)9-17-11-6-4-3-5-7-11/h3-8H,2,9H2,1H3,(H2,14,15,16). The molecule has 88 valence electrons. The van der Waals surface area contributed by atoms with E-state index in [1.54, 1.807) is 6.07 Å². The summed E-state index contributed by atoms with van der Waals surface area (Å²) in [4.78, 5) is 8.49. The van der Waals surface area contributed by atoms with Crippen molar-refractivity contribution in [2.24, 2.45) is 0 Å². The molecule has 0 spiro atoms. The third-order valence-corrected chi connectivity index (χ3v) is 2.32. The Bertz CT molecular complexity index is 485. The lowest BCUT2D eigenvalue weighted by atomic mass is 10.3. The molecule has 0 aliphatic rings. The van der Waals surface area contributed by atoms with Gasteiger partial charge in [0.25, 0.3) is 0 Å². The molecule has 2 aromatic rings. The van der Waals surface area contributed by atoms with Crippen molar-refractivity contribution in [1.82, 2.24) is 9.97 Å². The van der Waals surface area contributed by atoms with Crippen LogP contribution >= 0.6 is 0 Å². The molecule has 0 saturated carbocycles. The van der Waals surface area contributed by atoms with Crippen molar-refractivity contribution in [2.45, 2.75) is 20.0 Å². The molecule has 1 aromatic carbocycles. The maximum Gasteiger partial charge on any atom is 0.168 e. The maximum atomic E-state index is 5.70. The Balaban J connectivity index is 2.06. The van der Waals surface area contributed by atoms with E-state index >= 15 is 0 Å². The zero-order chi connectivity index (χ0) is 12.1. The number of aryl methyl sites for hydroxylation is 1. The van der Waals surface area contributed by atoms with Gasteiger partial charge in [0.2, 0.25) is 0 Å². The first-order chi connectivity index (χ1) is 8.28. The fraction of sp³-hybridized carbons (Fsp3) is 0.231. The molecule has 2 rings (SSSR count). The van der Waals surface area contributed by atoms with E-state index in [2.05, 4.69) is 9.97 Å². The Morgan fingerprint density at radius 2 is 1.94 bits per heavy atom. The highest BCUT2D eigenvalue weighted by molar-refractivity contribution is 5.30. The van der Waals surface area contributed by atoms with Crippen LogP contribution in [0.2, 0.25) is 0 Å². The van der Waals surface area contributed by atoms with Crippen LogP contribution in [0, 0.1) is 0 Å². The van der Waals surface area contributed by atoms with Crippen LogP contribution in [0.4, 0.5) is 5.82 Å². The number of benzene rings is 1. The molecule has 4 nitrogen and oxygen atoms in total. The highest BCUT2D eigenvalue weighted by Gasteiger charge is 2.02. The average molecular weight is 229 g/mol. The molecule has 17 heavy (non-hydrogen) atoms. The lowest BCUT2D eigenvalue weighted by molar-refractivity contribution is 0.295. The second-order valence-electron chi connectivity index (χ2n) is 3.66. The topological polar surface area (TPSA) is 61.0 Å². The molecule has 4 heteroatoms. The Kier molecular flexibility index (Phi) is 3.55. The minimum Gasteiger partial charge on any atom is -0.486 e. The van der Waals surface area contributed by atoms with Gasteiger partial charge < -0.3 is 10.5 Å². The Labute approximate surface area is 100 Å². The maximum absolute atomic E-state index is 5.70. The molecule has 0 aliphatic heterocycles. The number of anilines is 1. The predicted octanol–water partition coefficient (Wildman–Crippen LogP) is 2.20. The van der Waals surface area contributed by atoms with Gasteiger partial charge in [-0.15, -0.1) is 0 Å². The minimum absolute atomic E-state index is 0.335. The number of rotatable bonds is 4. The summed E-state index contributed by atoms with van der Waals surface area (Å²) < 4.78 is 5.57. The SMILES string of the molecule is CCc1cc(N)nc(COc2ccccc2)n1. The Hall–Kier alpha value is -2.10. The number of ether oxygens (including phenoxy) is 1. The molecule has 0 fully saturated rings. The van der Waals surface area contributed by atoms with E-state index in [1.807, 2.05) is 37.3 Å². The summed E-state index contributed by atoms with van der Waals surface area (Å²) in [5.41, 5.74) is 6.63. The van der Waals surface area contributed by atoms with Crippen molar-refractivity contribution in [3.05, 3.63) is 47.9 Å². The molecule has 2 N–H and O–H groups in total. The van der Waals surface area contributed by atoms with Gasteiger partial charge in [0.15, 0.2) is 5.82 Å². The smallest absolute Gasteiger partial charge is 0.168 e. The molecular weight excluding hydrogens is 214 g/mol. The first-order valence-corrected chi connectivity index (χ1v) is 5.58. The molecule has 0 radical (unpaired) electrons. The van der Waals surface area contributed by atoms with Crippen molar-refractivity contribution in [3.8, 4) is 5.75 Å². The van der Waals surface area contributed by atoms with Gasteiger partial charge >= 0.3 is 0 Å². The van der Waals surface area contributed by atoms with E-state index in [0.717, 1.165) is 17.9 Å². The summed E-state index contributed by atoms with van der Waals surface area (Å²) >= 11 is 0. The summed E-state index contributed by atoms with van der Waals surface area (Å²) in [5.74, 6) is 1.91. The summed E-state index contributed by atoms with van der Waals surface area (Å²) in [6.07, 6.45) is 0.838. The van der Waals surface area contributed by atoms with E-state index in [0.29, 0.717) is 18.2 Å². The largest absolute Gasteiger partial charge is 0.486 e. The van der Waals surface area contributed by atoms with Crippen LogP contribution in [0.5, 0.6) is 5.75 Å². The second-order valence-corrected chi connectivity index (χ2v) is 3.66. The number of para-hydroxylation sites is 1. The van der Waals surface area contributed by atoms with Crippen molar-refractivity contribution in [3.63, 3.8) is 0 Å². The Morgan fingerprint density at radius 1 is 1.18 bits per heavy atom. The fourth-order valence-corrected chi connectivity index (χ4v) is 1.49. The van der Waals surface area contributed by atoms with Gasteiger partial charge in [-0.3, -0.25) is 0 Å². The summed E-state index contributed by atoms with van der Waals surface area (Å²) in [5, 5.41) is 0. The molecule has 0 bridgehead atoms. The molecule has 0 amide bonds. The van der Waals surface area contributed by atoms with Crippen LogP contribution in [0.15, 0.2) is 36.4 Å². The first kappa shape index (κ1) is 11.4. The van der Waals surface area contributed by atoms with Crippen LogP contribution in [0.3, 0.4) is 0 Å². The first-order valence-electron chi connectivity index (χ1n) is 5.58. The Morgan fingerprint density at radius 3 is 2.65 bits per heavy atom. The zero-order valence-electron chi connectivity index (χ0n) is 9.76. The molecule has 0 aliphatic carbocycles. The number of hydrogen-bond acceptors (Lipinski definition) is 4. The predicted molar refractivity (Wildman–Crippen MR) is 66.6 cm³/mol. The van der Waals surface area contributed by atoms with Crippen molar-refractivity contribution in [2.75, 3.05) is 5.73 Å². The summed E-state index contributed by atoms with van der Waals surface area (Å²) in [7, 11) is 0. The lowest BCUT2D eigenvalue weighted by Crippen LogP contribution is -2.06. The number of nitrogens with zero attached hydrogens (tertiary/aromatic N) is 2. The fourth-order valence-electron chi connectivity index (χ4n) is 1.49. The summed E-state index contributed by atoms with van der Waals surface area (Å²) in [6, 6.07) is 11.4. The highest BCUT2D eigenvalue weighted by atomic mass is 16.5. The van der Waals surface area contributed by atoms with Crippen molar-refractivity contribution < 1.29 is 4.74 Å². The van der Waals surface area contributed by atoms with Gasteiger partial charge in [0.1, 0.15) is 18.2 Å².